The van der Waals surface area contributed by atoms with E-state index < -0.39 is 0 Å². The zero-order chi connectivity index (χ0) is 22.0. The van der Waals surface area contributed by atoms with Crippen LogP contribution < -0.4 is 5.32 Å². The molecular formula is C27H26N2O2. The van der Waals surface area contributed by atoms with Crippen molar-refractivity contribution in [2.75, 3.05) is 5.32 Å². The van der Waals surface area contributed by atoms with Crippen molar-refractivity contribution >= 4 is 23.1 Å². The Labute approximate surface area is 183 Å². The molecule has 0 saturated heterocycles. The second kappa shape index (κ2) is 8.60. The minimum absolute atomic E-state index is 0.243. The number of hydrogen-bond acceptors (Lipinski definition) is 3. The number of hydrogen-bond donors (Lipinski definition) is 1. The molecule has 156 valence electrons. The molecule has 0 aromatic heterocycles. The Bertz CT molecular complexity index is 1160. The molecule has 0 atom stereocenters. The third-order valence-electron chi connectivity index (χ3n) is 5.78. The Morgan fingerprint density at radius 1 is 0.774 bits per heavy atom. The fourth-order valence-electron chi connectivity index (χ4n) is 3.73. The van der Waals surface area contributed by atoms with Crippen molar-refractivity contribution in [3.63, 3.8) is 0 Å². The van der Waals surface area contributed by atoms with Gasteiger partial charge in [-0.25, -0.2) is 0 Å². The van der Waals surface area contributed by atoms with Gasteiger partial charge in [0.25, 0.3) is 11.8 Å². The van der Waals surface area contributed by atoms with Crippen LogP contribution in [0.4, 0.5) is 5.69 Å². The van der Waals surface area contributed by atoms with E-state index in [4.69, 9.17) is 0 Å². The molecule has 4 heteroatoms. The maximum atomic E-state index is 13.4. The maximum Gasteiger partial charge on any atom is 0.278 e. The van der Waals surface area contributed by atoms with Crippen molar-refractivity contribution in [1.29, 1.82) is 0 Å². The van der Waals surface area contributed by atoms with Crippen LogP contribution in [0.15, 0.2) is 78.5 Å². The molecule has 0 spiro atoms. The van der Waals surface area contributed by atoms with E-state index in [0.29, 0.717) is 11.3 Å². The third-order valence-corrected chi connectivity index (χ3v) is 5.78. The molecule has 3 aromatic rings. The van der Waals surface area contributed by atoms with Gasteiger partial charge in [0.1, 0.15) is 5.70 Å². The molecule has 1 heterocycles. The van der Waals surface area contributed by atoms with Gasteiger partial charge in [-0.15, -0.1) is 0 Å². The molecule has 0 radical (unpaired) electrons. The van der Waals surface area contributed by atoms with Gasteiger partial charge in [0.05, 0.1) is 12.1 Å². The summed E-state index contributed by atoms with van der Waals surface area (Å²) in [5, 5.41) is 3.24. The second-order valence-corrected chi connectivity index (χ2v) is 7.91. The highest BCUT2D eigenvalue weighted by Gasteiger charge is 2.39. The SMILES string of the molecule is CCc1ccc(NC2=C(c3ccc(C)c(C)c3)C(=O)N(Cc3ccccc3)C2=O)cc1. The number of rotatable bonds is 6. The van der Waals surface area contributed by atoms with Gasteiger partial charge in [0.2, 0.25) is 0 Å². The lowest BCUT2D eigenvalue weighted by molar-refractivity contribution is -0.137. The quantitative estimate of drug-likeness (QED) is 0.564. The van der Waals surface area contributed by atoms with Crippen LogP contribution in [-0.2, 0) is 22.6 Å². The lowest BCUT2D eigenvalue weighted by Gasteiger charge is -2.15. The zero-order valence-electron chi connectivity index (χ0n) is 18.1. The maximum absolute atomic E-state index is 13.4. The fourth-order valence-corrected chi connectivity index (χ4v) is 3.73. The summed E-state index contributed by atoms with van der Waals surface area (Å²) in [6.45, 7) is 6.39. The topological polar surface area (TPSA) is 49.4 Å². The summed E-state index contributed by atoms with van der Waals surface area (Å²) in [5.41, 5.74) is 6.65. The van der Waals surface area contributed by atoms with Gasteiger partial charge in [-0.3, -0.25) is 14.5 Å². The van der Waals surface area contributed by atoms with Crippen molar-refractivity contribution in [2.45, 2.75) is 33.7 Å². The van der Waals surface area contributed by atoms with E-state index in [2.05, 4.69) is 12.2 Å². The largest absolute Gasteiger partial charge is 0.350 e. The highest BCUT2D eigenvalue weighted by molar-refractivity contribution is 6.36. The van der Waals surface area contributed by atoms with E-state index in [0.717, 1.165) is 34.4 Å². The van der Waals surface area contributed by atoms with Crippen molar-refractivity contribution in [2.24, 2.45) is 0 Å². The molecule has 0 bridgehead atoms. The molecule has 0 saturated carbocycles. The van der Waals surface area contributed by atoms with Crippen LogP contribution >= 0.6 is 0 Å². The molecule has 1 aliphatic heterocycles. The van der Waals surface area contributed by atoms with Crippen molar-refractivity contribution in [3.05, 3.63) is 106 Å². The Kier molecular flexibility index (Phi) is 5.72. The molecule has 0 aliphatic carbocycles. The Balaban J connectivity index is 1.75. The Morgan fingerprint density at radius 2 is 1.48 bits per heavy atom. The smallest absolute Gasteiger partial charge is 0.278 e. The summed E-state index contributed by atoms with van der Waals surface area (Å²) in [4.78, 5) is 28.1. The fraction of sp³-hybridized carbons (Fsp3) is 0.185. The highest BCUT2D eigenvalue weighted by atomic mass is 16.2. The van der Waals surface area contributed by atoms with E-state index >= 15 is 0 Å². The molecule has 1 aliphatic rings. The average Bonchev–Trinajstić information content (AvgIpc) is 3.01. The first-order valence-corrected chi connectivity index (χ1v) is 10.6. The third kappa shape index (κ3) is 4.15. The summed E-state index contributed by atoms with van der Waals surface area (Å²) in [5.74, 6) is -0.577. The number of amides is 2. The van der Waals surface area contributed by atoms with E-state index in [1.54, 1.807) is 0 Å². The number of imide groups is 1. The van der Waals surface area contributed by atoms with Crippen LogP contribution in [0.2, 0.25) is 0 Å². The summed E-state index contributed by atoms with van der Waals surface area (Å²) in [6, 6.07) is 23.4. The molecular weight excluding hydrogens is 384 g/mol. The van der Waals surface area contributed by atoms with Gasteiger partial charge in [-0.2, -0.15) is 0 Å². The molecule has 0 unspecified atom stereocenters. The molecule has 2 amide bonds. The van der Waals surface area contributed by atoms with Crippen LogP contribution in [0.25, 0.3) is 5.57 Å². The average molecular weight is 411 g/mol. The van der Waals surface area contributed by atoms with Crippen molar-refractivity contribution in [3.8, 4) is 0 Å². The van der Waals surface area contributed by atoms with Crippen LogP contribution in [0.1, 0.15) is 34.7 Å². The summed E-state index contributed by atoms with van der Waals surface area (Å²) >= 11 is 0. The van der Waals surface area contributed by atoms with E-state index in [9.17, 15) is 9.59 Å². The van der Waals surface area contributed by atoms with Crippen LogP contribution in [0.5, 0.6) is 0 Å². The summed E-state index contributed by atoms with van der Waals surface area (Å²) in [7, 11) is 0. The van der Waals surface area contributed by atoms with Gasteiger partial charge in [0, 0.05) is 5.69 Å². The van der Waals surface area contributed by atoms with Crippen LogP contribution in [-0.4, -0.2) is 16.7 Å². The zero-order valence-corrected chi connectivity index (χ0v) is 18.1. The monoisotopic (exact) mass is 410 g/mol. The number of carbonyl (C=O) groups excluding carboxylic acids is 2. The molecule has 31 heavy (non-hydrogen) atoms. The minimum atomic E-state index is -0.304. The van der Waals surface area contributed by atoms with Gasteiger partial charge in [-0.1, -0.05) is 67.6 Å². The Morgan fingerprint density at radius 3 is 2.13 bits per heavy atom. The first kappa shape index (κ1) is 20.6. The highest BCUT2D eigenvalue weighted by Crippen LogP contribution is 2.32. The van der Waals surface area contributed by atoms with Crippen molar-refractivity contribution in [1.82, 2.24) is 4.90 Å². The van der Waals surface area contributed by atoms with Gasteiger partial charge >= 0.3 is 0 Å². The molecule has 4 nitrogen and oxygen atoms in total. The number of benzene rings is 3. The van der Waals surface area contributed by atoms with Gasteiger partial charge < -0.3 is 5.32 Å². The van der Waals surface area contributed by atoms with E-state index in [1.165, 1.54) is 10.5 Å². The van der Waals surface area contributed by atoms with Gasteiger partial charge in [0.15, 0.2) is 0 Å². The first-order chi connectivity index (χ1) is 15.0. The number of aryl methyl sites for hydroxylation is 3. The number of carbonyl (C=O) groups is 2. The lowest BCUT2D eigenvalue weighted by Crippen LogP contribution is -2.32. The molecule has 1 N–H and O–H groups in total. The van der Waals surface area contributed by atoms with Crippen LogP contribution in [0, 0.1) is 13.8 Å². The predicted octanol–water partition coefficient (Wildman–Crippen LogP) is 5.26. The molecule has 4 rings (SSSR count). The van der Waals surface area contributed by atoms with Crippen LogP contribution in [0.3, 0.4) is 0 Å². The van der Waals surface area contributed by atoms with E-state index in [-0.39, 0.29) is 18.4 Å². The molecule has 0 fully saturated rings. The lowest BCUT2D eigenvalue weighted by atomic mass is 9.99. The normalized spacial score (nSPS) is 13.8. The second-order valence-electron chi connectivity index (χ2n) is 7.91. The summed E-state index contributed by atoms with van der Waals surface area (Å²) < 4.78 is 0. The number of nitrogens with zero attached hydrogens (tertiary/aromatic N) is 1. The predicted molar refractivity (Wildman–Crippen MR) is 124 cm³/mol. The molecule has 3 aromatic carbocycles. The standard InChI is InChI=1S/C27H26N2O2/c1-4-20-11-14-23(15-12-20)28-25-24(22-13-10-18(2)19(3)16-22)26(30)29(27(25)31)17-21-8-6-5-7-9-21/h5-16,28H,4,17H2,1-3H3. The number of nitrogens with one attached hydrogen (secondary N) is 1. The summed E-state index contributed by atoms with van der Waals surface area (Å²) in [6.07, 6.45) is 0.944. The van der Waals surface area contributed by atoms with Gasteiger partial charge in [-0.05, 0) is 60.2 Å². The number of anilines is 1. The first-order valence-electron chi connectivity index (χ1n) is 10.6. The van der Waals surface area contributed by atoms with E-state index in [1.807, 2.05) is 86.6 Å². The van der Waals surface area contributed by atoms with Crippen molar-refractivity contribution < 1.29 is 9.59 Å². The Hall–Kier alpha value is -3.66. The minimum Gasteiger partial charge on any atom is -0.350 e.